The predicted molar refractivity (Wildman–Crippen MR) is 87.9 cm³/mol. The minimum atomic E-state index is 0. The number of carbonyl (C=O) groups excluding carboxylic acids is 1. The molecule has 0 aromatic heterocycles. The van der Waals surface area contributed by atoms with Gasteiger partial charge in [-0.2, -0.15) is 0 Å². The van der Waals surface area contributed by atoms with E-state index in [-0.39, 0.29) is 12.4 Å². The van der Waals surface area contributed by atoms with Gasteiger partial charge in [0.2, 0.25) is 5.91 Å². The number of piperazine rings is 1. The van der Waals surface area contributed by atoms with Gasteiger partial charge in [-0.15, -0.1) is 12.4 Å². The van der Waals surface area contributed by atoms with Crippen LogP contribution in [0.2, 0.25) is 0 Å². The van der Waals surface area contributed by atoms with Gasteiger partial charge in [0, 0.05) is 45.2 Å². The molecule has 0 bridgehead atoms. The molecule has 0 spiro atoms. The van der Waals surface area contributed by atoms with Gasteiger partial charge in [0.15, 0.2) is 0 Å². The summed E-state index contributed by atoms with van der Waals surface area (Å²) >= 11 is 0. The molecular formula is C16H30ClN3O. The summed E-state index contributed by atoms with van der Waals surface area (Å²) in [5, 5.41) is 3.44. The van der Waals surface area contributed by atoms with Crippen LogP contribution >= 0.6 is 12.4 Å². The Kier molecular flexibility index (Phi) is 6.77. The van der Waals surface area contributed by atoms with Crippen molar-refractivity contribution in [3.63, 3.8) is 0 Å². The Morgan fingerprint density at radius 1 is 1.00 bits per heavy atom. The van der Waals surface area contributed by atoms with Gasteiger partial charge in [-0.25, -0.2) is 0 Å². The smallest absolute Gasteiger partial charge is 0.222 e. The van der Waals surface area contributed by atoms with Crippen molar-refractivity contribution in [3.8, 4) is 0 Å². The van der Waals surface area contributed by atoms with E-state index in [1.54, 1.807) is 0 Å². The largest absolute Gasteiger partial charge is 0.340 e. The van der Waals surface area contributed by atoms with E-state index in [9.17, 15) is 4.79 Å². The second-order valence-corrected chi connectivity index (χ2v) is 6.77. The molecule has 5 heteroatoms. The number of rotatable bonds is 3. The summed E-state index contributed by atoms with van der Waals surface area (Å²) in [7, 11) is 0. The lowest BCUT2D eigenvalue weighted by atomic mass is 9.86. The van der Waals surface area contributed by atoms with E-state index in [2.05, 4.69) is 15.1 Å². The van der Waals surface area contributed by atoms with Crippen LogP contribution in [0.15, 0.2) is 0 Å². The molecule has 2 aliphatic heterocycles. The zero-order valence-corrected chi connectivity index (χ0v) is 13.9. The fourth-order valence-corrected chi connectivity index (χ4v) is 4.05. The minimum Gasteiger partial charge on any atom is -0.340 e. The van der Waals surface area contributed by atoms with Crippen LogP contribution in [0.1, 0.15) is 44.9 Å². The van der Waals surface area contributed by atoms with Crippen LogP contribution in [0.5, 0.6) is 0 Å². The third-order valence-corrected chi connectivity index (χ3v) is 5.41. The number of hydrogen-bond donors (Lipinski definition) is 1. The van der Waals surface area contributed by atoms with Gasteiger partial charge in [0.05, 0.1) is 0 Å². The molecule has 1 aliphatic carbocycles. The highest BCUT2D eigenvalue weighted by Crippen LogP contribution is 2.27. The summed E-state index contributed by atoms with van der Waals surface area (Å²) < 4.78 is 0. The fraction of sp³-hybridized carbons (Fsp3) is 0.938. The first-order valence-corrected chi connectivity index (χ1v) is 8.55. The summed E-state index contributed by atoms with van der Waals surface area (Å²) in [5.74, 6) is 1.09. The van der Waals surface area contributed by atoms with E-state index in [4.69, 9.17) is 0 Å². The lowest BCUT2D eigenvalue weighted by Crippen LogP contribution is -2.52. The van der Waals surface area contributed by atoms with Crippen LogP contribution in [0, 0.1) is 5.92 Å². The first-order valence-electron chi connectivity index (χ1n) is 8.55. The van der Waals surface area contributed by atoms with Crippen molar-refractivity contribution in [2.24, 2.45) is 5.92 Å². The molecule has 2 saturated heterocycles. The SMILES string of the molecule is Cl.O=C(CC1CCCCC1)N1CCN(C2CCNC2)CC1. The van der Waals surface area contributed by atoms with Gasteiger partial charge in [0.1, 0.15) is 0 Å². The van der Waals surface area contributed by atoms with Crippen molar-refractivity contribution in [2.75, 3.05) is 39.3 Å². The van der Waals surface area contributed by atoms with Gasteiger partial charge in [0.25, 0.3) is 0 Å². The van der Waals surface area contributed by atoms with Crippen molar-refractivity contribution in [3.05, 3.63) is 0 Å². The van der Waals surface area contributed by atoms with Crippen LogP contribution in [0.25, 0.3) is 0 Å². The van der Waals surface area contributed by atoms with Crippen molar-refractivity contribution >= 4 is 18.3 Å². The number of hydrogen-bond acceptors (Lipinski definition) is 3. The number of carbonyl (C=O) groups is 1. The van der Waals surface area contributed by atoms with E-state index in [0.29, 0.717) is 17.9 Å². The summed E-state index contributed by atoms with van der Waals surface area (Å²) in [5.41, 5.74) is 0. The lowest BCUT2D eigenvalue weighted by molar-refractivity contribution is -0.134. The Hall–Kier alpha value is -0.320. The fourth-order valence-electron chi connectivity index (χ4n) is 4.05. The zero-order chi connectivity index (χ0) is 13.8. The highest BCUT2D eigenvalue weighted by atomic mass is 35.5. The third-order valence-electron chi connectivity index (χ3n) is 5.41. The Morgan fingerprint density at radius 3 is 2.33 bits per heavy atom. The van der Waals surface area contributed by atoms with Crippen LogP contribution in [0.3, 0.4) is 0 Å². The monoisotopic (exact) mass is 315 g/mol. The van der Waals surface area contributed by atoms with E-state index in [0.717, 1.165) is 45.7 Å². The molecule has 3 aliphatic rings. The van der Waals surface area contributed by atoms with E-state index in [1.165, 1.54) is 38.5 Å². The number of halogens is 1. The van der Waals surface area contributed by atoms with Crippen LogP contribution in [0.4, 0.5) is 0 Å². The van der Waals surface area contributed by atoms with Crippen LogP contribution in [-0.2, 0) is 4.79 Å². The van der Waals surface area contributed by atoms with Crippen molar-refractivity contribution < 1.29 is 4.79 Å². The van der Waals surface area contributed by atoms with Crippen molar-refractivity contribution in [1.29, 1.82) is 0 Å². The molecule has 0 aromatic rings. The quantitative estimate of drug-likeness (QED) is 0.864. The molecule has 122 valence electrons. The summed E-state index contributed by atoms with van der Waals surface area (Å²) in [6, 6.07) is 0.714. The molecule has 3 fully saturated rings. The summed E-state index contributed by atoms with van der Waals surface area (Å²) in [6.45, 7) is 6.33. The Bertz CT molecular complexity index is 319. The first kappa shape index (κ1) is 17.0. The maximum absolute atomic E-state index is 12.4. The summed E-state index contributed by atoms with van der Waals surface area (Å²) in [4.78, 5) is 17.1. The molecule has 1 amide bonds. The highest BCUT2D eigenvalue weighted by molar-refractivity contribution is 5.85. The average molecular weight is 316 g/mol. The zero-order valence-electron chi connectivity index (χ0n) is 13.1. The number of amides is 1. The molecule has 3 rings (SSSR count). The molecule has 4 nitrogen and oxygen atoms in total. The van der Waals surface area contributed by atoms with Gasteiger partial charge < -0.3 is 10.2 Å². The maximum atomic E-state index is 12.4. The topological polar surface area (TPSA) is 35.6 Å². The second-order valence-electron chi connectivity index (χ2n) is 6.77. The Labute approximate surface area is 135 Å². The van der Waals surface area contributed by atoms with Crippen LogP contribution < -0.4 is 5.32 Å². The molecule has 1 N–H and O–H groups in total. The minimum absolute atomic E-state index is 0. The number of nitrogens with one attached hydrogen (secondary N) is 1. The van der Waals surface area contributed by atoms with E-state index >= 15 is 0 Å². The molecule has 1 unspecified atom stereocenters. The molecule has 1 saturated carbocycles. The van der Waals surface area contributed by atoms with E-state index in [1.807, 2.05) is 0 Å². The maximum Gasteiger partial charge on any atom is 0.222 e. The molecular weight excluding hydrogens is 286 g/mol. The van der Waals surface area contributed by atoms with Gasteiger partial charge in [-0.1, -0.05) is 19.3 Å². The molecule has 21 heavy (non-hydrogen) atoms. The molecule has 0 radical (unpaired) electrons. The normalized spacial score (nSPS) is 28.4. The molecule has 0 aromatic carbocycles. The highest BCUT2D eigenvalue weighted by Gasteiger charge is 2.28. The van der Waals surface area contributed by atoms with Gasteiger partial charge in [-0.05, 0) is 31.7 Å². The molecule has 2 heterocycles. The third kappa shape index (κ3) is 4.57. The van der Waals surface area contributed by atoms with E-state index < -0.39 is 0 Å². The van der Waals surface area contributed by atoms with Gasteiger partial charge >= 0.3 is 0 Å². The summed E-state index contributed by atoms with van der Waals surface area (Å²) in [6.07, 6.45) is 8.68. The Morgan fingerprint density at radius 2 is 1.71 bits per heavy atom. The van der Waals surface area contributed by atoms with Gasteiger partial charge in [-0.3, -0.25) is 9.69 Å². The number of nitrogens with zero attached hydrogens (tertiary/aromatic N) is 2. The van der Waals surface area contributed by atoms with Crippen LogP contribution in [-0.4, -0.2) is 61.0 Å². The Balaban J connectivity index is 0.00000161. The average Bonchev–Trinajstić information content (AvgIpc) is 3.03. The predicted octanol–water partition coefficient (Wildman–Crippen LogP) is 1.88. The first-order chi connectivity index (χ1) is 9.83. The lowest BCUT2D eigenvalue weighted by Gasteiger charge is -2.38. The second kappa shape index (κ2) is 8.35. The van der Waals surface area contributed by atoms with Crippen molar-refractivity contribution in [2.45, 2.75) is 51.0 Å². The molecule has 1 atom stereocenters. The van der Waals surface area contributed by atoms with Crippen molar-refractivity contribution in [1.82, 2.24) is 15.1 Å². The standard InChI is InChI=1S/C16H29N3O.ClH/c20-16(12-14-4-2-1-3-5-14)19-10-8-18(9-11-19)15-6-7-17-13-15;/h14-15,17H,1-13H2;1H.